The van der Waals surface area contributed by atoms with Crippen LogP contribution in [-0.4, -0.2) is 52.8 Å². The molecule has 3 heterocycles. The summed E-state index contributed by atoms with van der Waals surface area (Å²) >= 11 is 0. The summed E-state index contributed by atoms with van der Waals surface area (Å²) in [5.74, 6) is -2.78. The predicted octanol–water partition coefficient (Wildman–Crippen LogP) is 3.47. The Bertz CT molecular complexity index is 1280. The van der Waals surface area contributed by atoms with E-state index in [1.54, 1.807) is 4.90 Å². The van der Waals surface area contributed by atoms with E-state index in [0.717, 1.165) is 23.4 Å². The summed E-state index contributed by atoms with van der Waals surface area (Å²) in [6, 6.07) is 7.44. The van der Waals surface area contributed by atoms with Gasteiger partial charge in [-0.2, -0.15) is 0 Å². The average Bonchev–Trinajstić information content (AvgIpc) is 3.34. The Labute approximate surface area is 203 Å². The molecule has 0 radical (unpaired) electrons. The fourth-order valence-electron chi connectivity index (χ4n) is 4.21. The Balaban J connectivity index is 1.26. The van der Waals surface area contributed by atoms with Gasteiger partial charge >= 0.3 is 5.69 Å². The van der Waals surface area contributed by atoms with E-state index in [4.69, 9.17) is 9.47 Å². The van der Waals surface area contributed by atoms with Crippen molar-refractivity contribution >= 4 is 17.3 Å². The number of nitrogens with zero attached hydrogens (tertiary/aromatic N) is 5. The summed E-state index contributed by atoms with van der Waals surface area (Å²) in [5, 5.41) is 14.6. The number of rotatable bonds is 7. The van der Waals surface area contributed by atoms with Gasteiger partial charge in [0, 0.05) is 39.3 Å². The van der Waals surface area contributed by atoms with Gasteiger partial charge in [-0.15, -0.1) is 0 Å². The molecule has 36 heavy (non-hydrogen) atoms. The first-order chi connectivity index (χ1) is 17.4. The van der Waals surface area contributed by atoms with E-state index in [-0.39, 0.29) is 36.2 Å². The number of benzene rings is 2. The number of aromatic nitrogens is 2. The molecule has 2 aliphatic rings. The number of hydrogen-bond acceptors (Lipinski definition) is 9. The molecule has 2 aliphatic heterocycles. The van der Waals surface area contributed by atoms with Crippen molar-refractivity contribution in [3.05, 3.63) is 75.4 Å². The highest BCUT2D eigenvalue weighted by atomic mass is 19.2. The number of halogens is 3. The summed E-state index contributed by atoms with van der Waals surface area (Å²) in [6.07, 6.45) is 1.19. The van der Waals surface area contributed by atoms with Gasteiger partial charge in [0.25, 0.3) is 0 Å². The van der Waals surface area contributed by atoms with Crippen molar-refractivity contribution in [1.29, 1.82) is 0 Å². The van der Waals surface area contributed by atoms with Gasteiger partial charge in [0.15, 0.2) is 29.0 Å². The fourth-order valence-corrected chi connectivity index (χ4v) is 4.21. The lowest BCUT2D eigenvalue weighted by atomic mass is 10.1. The van der Waals surface area contributed by atoms with Crippen LogP contribution in [0.15, 0.2) is 36.7 Å². The molecule has 1 fully saturated rings. The molecule has 188 valence electrons. The largest absolute Gasteiger partial charge is 0.454 e. The minimum atomic E-state index is -1.58. The van der Waals surface area contributed by atoms with E-state index >= 15 is 0 Å². The second kappa shape index (κ2) is 9.85. The molecule has 3 aromatic rings. The Hall–Kier alpha value is -4.13. The van der Waals surface area contributed by atoms with Crippen molar-refractivity contribution in [2.45, 2.75) is 13.1 Å². The van der Waals surface area contributed by atoms with E-state index in [1.165, 1.54) is 6.33 Å². The zero-order valence-corrected chi connectivity index (χ0v) is 18.9. The van der Waals surface area contributed by atoms with Crippen LogP contribution in [0.25, 0.3) is 0 Å². The summed E-state index contributed by atoms with van der Waals surface area (Å²) in [5.41, 5.74) is 0.795. The first kappa shape index (κ1) is 23.6. The number of nitrogens with one attached hydrogen (secondary N) is 1. The minimum Gasteiger partial charge on any atom is -0.454 e. The molecule has 0 unspecified atom stereocenters. The molecule has 13 heteroatoms. The molecule has 1 aromatic heterocycles. The number of fused-ring (bicyclic) bond motifs is 1. The van der Waals surface area contributed by atoms with Crippen LogP contribution in [0.5, 0.6) is 11.5 Å². The molecule has 0 bridgehead atoms. The minimum absolute atomic E-state index is 0.0676. The maximum absolute atomic E-state index is 13.5. The summed E-state index contributed by atoms with van der Waals surface area (Å²) in [6.45, 7) is 2.98. The van der Waals surface area contributed by atoms with Gasteiger partial charge in [-0.3, -0.25) is 15.0 Å². The number of anilines is 2. The van der Waals surface area contributed by atoms with Crippen LogP contribution in [0.2, 0.25) is 0 Å². The highest BCUT2D eigenvalue weighted by molar-refractivity contribution is 5.70. The Morgan fingerprint density at radius 2 is 1.69 bits per heavy atom. The topological polar surface area (TPSA) is 106 Å². The summed E-state index contributed by atoms with van der Waals surface area (Å²) in [7, 11) is 0. The molecule has 10 nitrogen and oxygen atoms in total. The van der Waals surface area contributed by atoms with Crippen molar-refractivity contribution in [1.82, 2.24) is 14.9 Å². The molecular weight excluding hydrogens is 481 g/mol. The van der Waals surface area contributed by atoms with E-state index in [1.807, 2.05) is 18.2 Å². The Morgan fingerprint density at radius 3 is 2.42 bits per heavy atom. The average molecular weight is 502 g/mol. The third-order valence-corrected chi connectivity index (χ3v) is 6.00. The second-order valence-electron chi connectivity index (χ2n) is 8.33. The second-order valence-corrected chi connectivity index (χ2v) is 8.33. The number of nitro groups is 1. The maximum atomic E-state index is 13.5. The third-order valence-electron chi connectivity index (χ3n) is 6.00. The lowest BCUT2D eigenvalue weighted by molar-refractivity contribution is -0.383. The molecule has 0 aliphatic carbocycles. The van der Waals surface area contributed by atoms with Crippen LogP contribution in [-0.2, 0) is 13.1 Å². The Kier molecular flexibility index (Phi) is 6.46. The van der Waals surface area contributed by atoms with Crippen LogP contribution in [0.1, 0.15) is 11.1 Å². The maximum Gasteiger partial charge on any atom is 0.353 e. The predicted molar refractivity (Wildman–Crippen MR) is 122 cm³/mol. The monoisotopic (exact) mass is 502 g/mol. The zero-order chi connectivity index (χ0) is 25.2. The SMILES string of the molecule is O=[N+]([O-])c1c(NCc2cc(F)c(F)c(F)c2)ncnc1N1CCN(Cc2ccc3c(c2)OCO3)CC1. The molecule has 1 saturated heterocycles. The standard InChI is InChI=1S/C23H21F3N6O4/c24-16-7-15(8-17(25)20(16)26)10-27-22-21(32(33)34)23(29-12-28-22)31-5-3-30(4-6-31)11-14-1-2-18-19(9-14)36-13-35-18/h1-2,7-9,12H,3-6,10-11,13H2,(H,27,28,29). The zero-order valence-electron chi connectivity index (χ0n) is 18.9. The molecule has 0 amide bonds. The lowest BCUT2D eigenvalue weighted by Crippen LogP contribution is -2.46. The van der Waals surface area contributed by atoms with E-state index < -0.39 is 22.4 Å². The van der Waals surface area contributed by atoms with Gasteiger partial charge in [-0.1, -0.05) is 6.07 Å². The van der Waals surface area contributed by atoms with Crippen LogP contribution < -0.4 is 19.7 Å². The van der Waals surface area contributed by atoms with Gasteiger partial charge in [-0.25, -0.2) is 23.1 Å². The summed E-state index contributed by atoms with van der Waals surface area (Å²) < 4.78 is 51.0. The van der Waals surface area contributed by atoms with Crippen LogP contribution >= 0.6 is 0 Å². The van der Waals surface area contributed by atoms with Gasteiger partial charge in [0.1, 0.15) is 6.33 Å². The molecule has 5 rings (SSSR count). The molecule has 0 atom stereocenters. The number of ether oxygens (including phenoxy) is 2. The van der Waals surface area contributed by atoms with Crippen molar-refractivity contribution in [3.63, 3.8) is 0 Å². The highest BCUT2D eigenvalue weighted by Crippen LogP contribution is 2.34. The van der Waals surface area contributed by atoms with Crippen LogP contribution in [0.3, 0.4) is 0 Å². The molecule has 0 saturated carbocycles. The normalized spacial score (nSPS) is 15.2. The van der Waals surface area contributed by atoms with Gasteiger partial charge in [0.05, 0.1) is 4.92 Å². The van der Waals surface area contributed by atoms with Gasteiger partial charge < -0.3 is 19.7 Å². The van der Waals surface area contributed by atoms with Gasteiger partial charge in [0.2, 0.25) is 18.4 Å². The summed E-state index contributed by atoms with van der Waals surface area (Å²) in [4.78, 5) is 23.4. The van der Waals surface area contributed by atoms with Crippen molar-refractivity contribution in [3.8, 4) is 11.5 Å². The van der Waals surface area contributed by atoms with Crippen LogP contribution in [0.4, 0.5) is 30.5 Å². The Morgan fingerprint density at radius 1 is 0.972 bits per heavy atom. The molecule has 1 N–H and O–H groups in total. The first-order valence-corrected chi connectivity index (χ1v) is 11.1. The molecule has 0 spiro atoms. The van der Waals surface area contributed by atoms with E-state index in [0.29, 0.717) is 38.5 Å². The fraction of sp³-hybridized carbons (Fsp3) is 0.304. The molecule has 2 aromatic carbocycles. The quantitative estimate of drug-likeness (QED) is 0.295. The number of hydrogen-bond donors (Lipinski definition) is 1. The lowest BCUT2D eigenvalue weighted by Gasteiger charge is -2.35. The van der Waals surface area contributed by atoms with E-state index in [9.17, 15) is 23.3 Å². The van der Waals surface area contributed by atoms with Crippen molar-refractivity contribution < 1.29 is 27.6 Å². The van der Waals surface area contributed by atoms with Crippen molar-refractivity contribution in [2.24, 2.45) is 0 Å². The first-order valence-electron chi connectivity index (χ1n) is 11.1. The van der Waals surface area contributed by atoms with Crippen LogP contribution in [0, 0.1) is 27.6 Å². The van der Waals surface area contributed by atoms with Crippen molar-refractivity contribution in [2.75, 3.05) is 43.2 Å². The van der Waals surface area contributed by atoms with Gasteiger partial charge in [-0.05, 0) is 35.4 Å². The van der Waals surface area contributed by atoms with E-state index in [2.05, 4.69) is 20.2 Å². The number of piperazine rings is 1. The highest BCUT2D eigenvalue weighted by Gasteiger charge is 2.29. The smallest absolute Gasteiger partial charge is 0.353 e. The third kappa shape index (κ3) is 4.82. The molecular formula is C23H21F3N6O4.